The van der Waals surface area contributed by atoms with Gasteiger partial charge < -0.3 is 19.7 Å². The number of nitrogens with zero attached hydrogens (tertiary/aromatic N) is 2. The van der Waals surface area contributed by atoms with E-state index < -0.39 is 17.4 Å². The van der Waals surface area contributed by atoms with Gasteiger partial charge in [-0.3, -0.25) is 14.9 Å². The largest absolute Gasteiger partial charge is 0.493 e. The van der Waals surface area contributed by atoms with Crippen molar-refractivity contribution in [1.29, 1.82) is 0 Å². The maximum atomic E-state index is 12.5. The molecule has 8 nitrogen and oxygen atoms in total. The number of alkyl halides is 2. The van der Waals surface area contributed by atoms with Crippen molar-refractivity contribution in [3.63, 3.8) is 0 Å². The molecule has 3 rings (SSSR count). The second-order valence-corrected chi connectivity index (χ2v) is 7.02. The number of nitro benzene ring substituents is 1. The number of methoxy groups -OCH3 is 1. The smallest absolute Gasteiger partial charge is 0.387 e. The molecule has 1 saturated heterocycles. The summed E-state index contributed by atoms with van der Waals surface area (Å²) in [4.78, 5) is 25.4. The van der Waals surface area contributed by atoms with Gasteiger partial charge in [-0.1, -0.05) is 6.07 Å². The molecular weight excluding hydrogens is 412 g/mol. The van der Waals surface area contributed by atoms with Crippen molar-refractivity contribution in [2.75, 3.05) is 31.6 Å². The molecule has 1 heterocycles. The highest BCUT2D eigenvalue weighted by atomic mass is 19.3. The lowest BCUT2D eigenvalue weighted by molar-refractivity contribution is -0.384. The average Bonchev–Trinajstić information content (AvgIpc) is 3.27. The third-order valence-corrected chi connectivity index (χ3v) is 5.02. The van der Waals surface area contributed by atoms with E-state index in [0.717, 1.165) is 25.9 Å². The summed E-state index contributed by atoms with van der Waals surface area (Å²) in [7, 11) is 1.35. The zero-order valence-corrected chi connectivity index (χ0v) is 17.0. The molecule has 0 aromatic heterocycles. The van der Waals surface area contributed by atoms with Gasteiger partial charge in [-0.15, -0.1) is 0 Å². The number of nitro groups is 1. The van der Waals surface area contributed by atoms with Gasteiger partial charge in [0.05, 0.1) is 12.0 Å². The van der Waals surface area contributed by atoms with Crippen molar-refractivity contribution in [1.82, 2.24) is 5.32 Å². The molecule has 1 aliphatic heterocycles. The van der Waals surface area contributed by atoms with Crippen molar-refractivity contribution in [2.24, 2.45) is 0 Å². The van der Waals surface area contributed by atoms with E-state index >= 15 is 0 Å². The lowest BCUT2D eigenvalue weighted by Gasteiger charge is -2.17. The van der Waals surface area contributed by atoms with E-state index in [-0.39, 0.29) is 29.3 Å². The summed E-state index contributed by atoms with van der Waals surface area (Å²) in [6.45, 7) is -1.26. The molecule has 166 valence electrons. The van der Waals surface area contributed by atoms with Crippen molar-refractivity contribution in [3.8, 4) is 11.5 Å². The molecular formula is C21H23F2N3O5. The van der Waals surface area contributed by atoms with Gasteiger partial charge in [-0.25, -0.2) is 0 Å². The van der Waals surface area contributed by atoms with Crippen LogP contribution in [0.2, 0.25) is 0 Å². The quantitative estimate of drug-likeness (QED) is 0.476. The minimum Gasteiger partial charge on any atom is -0.493 e. The fourth-order valence-electron chi connectivity index (χ4n) is 3.52. The predicted molar refractivity (Wildman–Crippen MR) is 110 cm³/mol. The summed E-state index contributed by atoms with van der Waals surface area (Å²) in [5.74, 6) is -0.360. The van der Waals surface area contributed by atoms with Crippen LogP contribution in [0.25, 0.3) is 0 Å². The lowest BCUT2D eigenvalue weighted by Crippen LogP contribution is -2.26. The Balaban J connectivity index is 1.64. The molecule has 10 heteroatoms. The van der Waals surface area contributed by atoms with Crippen LogP contribution in [0.15, 0.2) is 36.4 Å². The second kappa shape index (κ2) is 10.1. The van der Waals surface area contributed by atoms with E-state index in [1.807, 2.05) is 4.90 Å². The molecule has 2 aromatic rings. The summed E-state index contributed by atoms with van der Waals surface area (Å²) in [6, 6.07) is 9.07. The first kappa shape index (κ1) is 22.3. The van der Waals surface area contributed by atoms with Crippen LogP contribution in [0.1, 0.15) is 28.8 Å². The Labute approximate surface area is 177 Å². The maximum absolute atomic E-state index is 12.5. The molecule has 0 radical (unpaired) electrons. The molecule has 0 bridgehead atoms. The van der Waals surface area contributed by atoms with E-state index in [9.17, 15) is 23.7 Å². The molecule has 0 aliphatic carbocycles. The number of ether oxygens (including phenoxy) is 2. The highest BCUT2D eigenvalue weighted by Gasteiger charge is 2.23. The van der Waals surface area contributed by atoms with Crippen LogP contribution in [0.5, 0.6) is 11.5 Å². The molecule has 1 amide bonds. The van der Waals surface area contributed by atoms with Crippen molar-refractivity contribution >= 4 is 17.3 Å². The van der Waals surface area contributed by atoms with Gasteiger partial charge in [0.1, 0.15) is 5.69 Å². The van der Waals surface area contributed by atoms with E-state index in [0.29, 0.717) is 17.7 Å². The van der Waals surface area contributed by atoms with Gasteiger partial charge in [0.15, 0.2) is 11.5 Å². The Hall–Kier alpha value is -3.43. The molecule has 2 aromatic carbocycles. The van der Waals surface area contributed by atoms with Gasteiger partial charge in [0, 0.05) is 31.3 Å². The van der Waals surface area contributed by atoms with Crippen molar-refractivity contribution in [2.45, 2.75) is 25.9 Å². The number of benzene rings is 2. The van der Waals surface area contributed by atoms with E-state index in [1.54, 1.807) is 18.2 Å². The Kier molecular flexibility index (Phi) is 7.22. The molecule has 1 aliphatic rings. The Morgan fingerprint density at radius 3 is 2.58 bits per heavy atom. The standard InChI is InChI=1S/C21H23F2N3O5/c1-30-18-7-4-14(12-19(18)31-21(22)23)8-9-24-20(27)15-5-6-16(17(13-15)26(28)29)25-10-2-3-11-25/h4-7,12-13,21H,2-3,8-11H2,1H3,(H,24,27). The molecule has 0 unspecified atom stereocenters. The van der Waals surface area contributed by atoms with Crippen LogP contribution in [0.3, 0.4) is 0 Å². The van der Waals surface area contributed by atoms with Crippen LogP contribution in [-0.4, -0.2) is 44.2 Å². The Morgan fingerprint density at radius 1 is 1.19 bits per heavy atom. The second-order valence-electron chi connectivity index (χ2n) is 7.02. The van der Waals surface area contributed by atoms with Gasteiger partial charge in [0.2, 0.25) is 0 Å². The molecule has 0 spiro atoms. The number of amides is 1. The number of carbonyl (C=O) groups is 1. The van der Waals surface area contributed by atoms with Gasteiger partial charge in [-0.2, -0.15) is 8.78 Å². The van der Waals surface area contributed by atoms with E-state index in [1.165, 1.54) is 25.3 Å². The van der Waals surface area contributed by atoms with Crippen molar-refractivity contribution < 1.29 is 28.0 Å². The zero-order chi connectivity index (χ0) is 22.4. The van der Waals surface area contributed by atoms with Crippen LogP contribution in [-0.2, 0) is 6.42 Å². The first-order chi connectivity index (χ1) is 14.9. The highest BCUT2D eigenvalue weighted by molar-refractivity contribution is 5.95. The predicted octanol–water partition coefficient (Wildman–Crippen LogP) is 3.78. The van der Waals surface area contributed by atoms with Crippen LogP contribution in [0.4, 0.5) is 20.2 Å². The van der Waals surface area contributed by atoms with Crippen LogP contribution < -0.4 is 19.7 Å². The summed E-state index contributed by atoms with van der Waals surface area (Å²) in [5, 5.41) is 14.2. The molecule has 0 atom stereocenters. The number of anilines is 1. The summed E-state index contributed by atoms with van der Waals surface area (Å²) < 4.78 is 34.5. The molecule has 0 saturated carbocycles. The first-order valence-corrected chi connectivity index (χ1v) is 9.82. The SMILES string of the molecule is COc1ccc(CCNC(=O)c2ccc(N3CCCC3)c([N+](=O)[O-])c2)cc1OC(F)F. The monoisotopic (exact) mass is 435 g/mol. The number of carbonyl (C=O) groups excluding carboxylic acids is 1. The molecule has 1 N–H and O–H groups in total. The van der Waals surface area contributed by atoms with Gasteiger partial charge >= 0.3 is 6.61 Å². The number of hydrogen-bond donors (Lipinski definition) is 1. The lowest BCUT2D eigenvalue weighted by atomic mass is 10.1. The third-order valence-electron chi connectivity index (χ3n) is 5.02. The first-order valence-electron chi connectivity index (χ1n) is 9.82. The summed E-state index contributed by atoms with van der Waals surface area (Å²) in [6.07, 6.45) is 2.31. The number of nitrogens with one attached hydrogen (secondary N) is 1. The minimum atomic E-state index is -2.98. The van der Waals surface area contributed by atoms with Gasteiger partial charge in [-0.05, 0) is 49.1 Å². The third kappa shape index (κ3) is 5.59. The van der Waals surface area contributed by atoms with Crippen molar-refractivity contribution in [3.05, 3.63) is 57.6 Å². The normalized spacial score (nSPS) is 13.4. The summed E-state index contributed by atoms with van der Waals surface area (Å²) >= 11 is 0. The number of rotatable bonds is 9. The topological polar surface area (TPSA) is 93.9 Å². The minimum absolute atomic E-state index is 0.0885. The maximum Gasteiger partial charge on any atom is 0.387 e. The van der Waals surface area contributed by atoms with E-state index in [4.69, 9.17) is 4.74 Å². The van der Waals surface area contributed by atoms with E-state index in [2.05, 4.69) is 10.1 Å². The highest BCUT2D eigenvalue weighted by Crippen LogP contribution is 2.32. The average molecular weight is 435 g/mol. The Bertz CT molecular complexity index is 949. The molecule has 1 fully saturated rings. The Morgan fingerprint density at radius 2 is 1.94 bits per heavy atom. The van der Waals surface area contributed by atoms with Crippen LogP contribution >= 0.6 is 0 Å². The molecule has 31 heavy (non-hydrogen) atoms. The number of hydrogen-bond acceptors (Lipinski definition) is 6. The fraction of sp³-hybridized carbons (Fsp3) is 0.381. The van der Waals surface area contributed by atoms with Gasteiger partial charge in [0.25, 0.3) is 11.6 Å². The fourth-order valence-corrected chi connectivity index (χ4v) is 3.52. The van der Waals surface area contributed by atoms with Crippen LogP contribution in [0, 0.1) is 10.1 Å². The zero-order valence-electron chi connectivity index (χ0n) is 17.0. The summed E-state index contributed by atoms with van der Waals surface area (Å²) in [5.41, 5.74) is 1.26. The number of halogens is 2.